The SMILES string of the molecule is CCOCCN1CCN(C)C[C@H](C(N)=O)C1. The van der Waals surface area contributed by atoms with Crippen LogP contribution in [0, 0.1) is 5.92 Å². The van der Waals surface area contributed by atoms with Gasteiger partial charge in [0.15, 0.2) is 0 Å². The number of hydrogen-bond donors (Lipinski definition) is 1. The number of nitrogens with two attached hydrogens (primary N) is 1. The maximum absolute atomic E-state index is 11.3. The zero-order chi connectivity index (χ0) is 12.0. The van der Waals surface area contributed by atoms with E-state index < -0.39 is 0 Å². The highest BCUT2D eigenvalue weighted by Gasteiger charge is 2.24. The number of primary amides is 1. The molecule has 2 N–H and O–H groups in total. The third-order valence-electron chi connectivity index (χ3n) is 2.97. The molecular weight excluding hydrogens is 206 g/mol. The number of hydrogen-bond acceptors (Lipinski definition) is 4. The minimum Gasteiger partial charge on any atom is -0.380 e. The summed E-state index contributed by atoms with van der Waals surface area (Å²) >= 11 is 0. The molecule has 0 aliphatic carbocycles. The van der Waals surface area contributed by atoms with Crippen LogP contribution in [0.2, 0.25) is 0 Å². The van der Waals surface area contributed by atoms with Crippen LogP contribution in [0.1, 0.15) is 6.92 Å². The van der Waals surface area contributed by atoms with E-state index in [9.17, 15) is 4.79 Å². The Morgan fingerprint density at radius 3 is 2.81 bits per heavy atom. The molecule has 0 radical (unpaired) electrons. The molecule has 5 heteroatoms. The molecule has 0 aromatic rings. The van der Waals surface area contributed by atoms with Crippen LogP contribution in [0.15, 0.2) is 0 Å². The van der Waals surface area contributed by atoms with E-state index in [1.807, 2.05) is 14.0 Å². The van der Waals surface area contributed by atoms with Crippen molar-refractivity contribution in [1.29, 1.82) is 0 Å². The topological polar surface area (TPSA) is 58.8 Å². The number of nitrogens with zero attached hydrogens (tertiary/aromatic N) is 2. The predicted molar refractivity (Wildman–Crippen MR) is 63.1 cm³/mol. The van der Waals surface area contributed by atoms with Gasteiger partial charge in [0.25, 0.3) is 0 Å². The number of amides is 1. The minimum atomic E-state index is -0.199. The monoisotopic (exact) mass is 229 g/mol. The smallest absolute Gasteiger partial charge is 0.223 e. The maximum Gasteiger partial charge on any atom is 0.223 e. The number of likely N-dealkylation sites (N-methyl/N-ethyl adjacent to an activating group) is 1. The largest absolute Gasteiger partial charge is 0.380 e. The summed E-state index contributed by atoms with van der Waals surface area (Å²) in [4.78, 5) is 15.7. The molecule has 1 aliphatic heterocycles. The Morgan fingerprint density at radius 2 is 2.19 bits per heavy atom. The summed E-state index contributed by atoms with van der Waals surface area (Å²) in [5, 5.41) is 0. The van der Waals surface area contributed by atoms with Crippen LogP contribution in [-0.2, 0) is 9.53 Å². The van der Waals surface area contributed by atoms with Gasteiger partial charge in [-0.2, -0.15) is 0 Å². The van der Waals surface area contributed by atoms with Crippen LogP contribution in [0.3, 0.4) is 0 Å². The molecular formula is C11H23N3O2. The summed E-state index contributed by atoms with van der Waals surface area (Å²) in [5.41, 5.74) is 5.39. The Hall–Kier alpha value is -0.650. The zero-order valence-electron chi connectivity index (χ0n) is 10.3. The summed E-state index contributed by atoms with van der Waals surface area (Å²) < 4.78 is 5.33. The Morgan fingerprint density at radius 1 is 1.44 bits per heavy atom. The predicted octanol–water partition coefficient (Wildman–Crippen LogP) is -0.628. The quantitative estimate of drug-likeness (QED) is 0.638. The van der Waals surface area contributed by atoms with Gasteiger partial charge in [0.2, 0.25) is 5.91 Å². The van der Waals surface area contributed by atoms with E-state index in [0.29, 0.717) is 0 Å². The van der Waals surface area contributed by atoms with Crippen molar-refractivity contribution in [3.8, 4) is 0 Å². The molecule has 94 valence electrons. The molecule has 0 unspecified atom stereocenters. The van der Waals surface area contributed by atoms with Crippen molar-refractivity contribution in [2.75, 3.05) is 53.0 Å². The lowest BCUT2D eigenvalue weighted by atomic mass is 10.1. The standard InChI is InChI=1S/C11H23N3O2/c1-3-16-7-6-14-5-4-13(2)8-10(9-14)11(12)15/h10H,3-9H2,1-2H3,(H2,12,15)/t10-/m0/s1. The molecule has 1 atom stereocenters. The molecule has 0 saturated carbocycles. The zero-order valence-corrected chi connectivity index (χ0v) is 10.3. The van der Waals surface area contributed by atoms with Crippen LogP contribution in [0.5, 0.6) is 0 Å². The van der Waals surface area contributed by atoms with Gasteiger partial charge in [-0.3, -0.25) is 9.69 Å². The second-order valence-corrected chi connectivity index (χ2v) is 4.36. The molecule has 16 heavy (non-hydrogen) atoms. The first-order valence-electron chi connectivity index (χ1n) is 5.91. The van der Waals surface area contributed by atoms with E-state index in [2.05, 4.69) is 9.80 Å². The molecule has 1 aliphatic rings. The third-order valence-corrected chi connectivity index (χ3v) is 2.97. The van der Waals surface area contributed by atoms with E-state index >= 15 is 0 Å². The molecule has 1 rings (SSSR count). The molecule has 0 aromatic carbocycles. The van der Waals surface area contributed by atoms with E-state index in [0.717, 1.165) is 45.9 Å². The molecule has 1 amide bonds. The van der Waals surface area contributed by atoms with Gasteiger partial charge in [-0.25, -0.2) is 0 Å². The molecule has 0 bridgehead atoms. The van der Waals surface area contributed by atoms with Crippen molar-refractivity contribution < 1.29 is 9.53 Å². The van der Waals surface area contributed by atoms with Crippen LogP contribution in [0.25, 0.3) is 0 Å². The van der Waals surface area contributed by atoms with Crippen LogP contribution in [0.4, 0.5) is 0 Å². The Bertz CT molecular complexity index is 223. The highest BCUT2D eigenvalue weighted by Crippen LogP contribution is 2.07. The van der Waals surface area contributed by atoms with Gasteiger partial charge in [0.05, 0.1) is 12.5 Å². The van der Waals surface area contributed by atoms with Crippen molar-refractivity contribution >= 4 is 5.91 Å². The Kier molecular flexibility index (Phi) is 5.73. The number of ether oxygens (including phenoxy) is 1. The fourth-order valence-corrected chi connectivity index (χ4v) is 1.96. The van der Waals surface area contributed by atoms with Crippen LogP contribution >= 0.6 is 0 Å². The fourth-order valence-electron chi connectivity index (χ4n) is 1.96. The highest BCUT2D eigenvalue weighted by molar-refractivity contribution is 5.77. The van der Waals surface area contributed by atoms with E-state index in [1.54, 1.807) is 0 Å². The van der Waals surface area contributed by atoms with Crippen LogP contribution in [-0.4, -0.2) is 68.7 Å². The first kappa shape index (κ1) is 13.4. The first-order valence-corrected chi connectivity index (χ1v) is 5.91. The average molecular weight is 229 g/mol. The summed E-state index contributed by atoms with van der Waals surface area (Å²) in [5.74, 6) is -0.260. The summed E-state index contributed by atoms with van der Waals surface area (Å²) in [6, 6.07) is 0. The average Bonchev–Trinajstić information content (AvgIpc) is 2.41. The third kappa shape index (κ3) is 4.47. The minimum absolute atomic E-state index is 0.0610. The summed E-state index contributed by atoms with van der Waals surface area (Å²) in [7, 11) is 2.03. The van der Waals surface area contributed by atoms with Crippen molar-refractivity contribution in [2.24, 2.45) is 11.7 Å². The van der Waals surface area contributed by atoms with Gasteiger partial charge in [-0.1, -0.05) is 0 Å². The normalized spacial score (nSPS) is 24.2. The van der Waals surface area contributed by atoms with E-state index in [-0.39, 0.29) is 11.8 Å². The molecule has 0 aromatic heterocycles. The van der Waals surface area contributed by atoms with Crippen molar-refractivity contribution in [1.82, 2.24) is 9.80 Å². The highest BCUT2D eigenvalue weighted by atomic mass is 16.5. The number of carbonyl (C=O) groups excluding carboxylic acids is 1. The summed E-state index contributed by atoms with van der Waals surface area (Å²) in [6.45, 7) is 7.82. The molecule has 5 nitrogen and oxygen atoms in total. The van der Waals surface area contributed by atoms with Gasteiger partial charge in [0.1, 0.15) is 0 Å². The number of carbonyl (C=O) groups is 1. The maximum atomic E-state index is 11.3. The molecule has 1 heterocycles. The molecule has 1 saturated heterocycles. The lowest BCUT2D eigenvalue weighted by Crippen LogP contribution is -2.38. The lowest BCUT2D eigenvalue weighted by molar-refractivity contribution is -0.122. The number of rotatable bonds is 5. The first-order chi connectivity index (χ1) is 7.63. The van der Waals surface area contributed by atoms with Crippen molar-refractivity contribution in [3.63, 3.8) is 0 Å². The second kappa shape index (κ2) is 6.83. The van der Waals surface area contributed by atoms with Crippen molar-refractivity contribution in [2.45, 2.75) is 6.92 Å². The second-order valence-electron chi connectivity index (χ2n) is 4.36. The fraction of sp³-hybridized carbons (Fsp3) is 0.909. The van der Waals surface area contributed by atoms with Gasteiger partial charge in [-0.15, -0.1) is 0 Å². The lowest BCUT2D eigenvalue weighted by Gasteiger charge is -2.21. The molecule has 0 spiro atoms. The van der Waals surface area contributed by atoms with Gasteiger partial charge < -0.3 is 15.4 Å². The van der Waals surface area contributed by atoms with Gasteiger partial charge in [-0.05, 0) is 14.0 Å². The summed E-state index contributed by atoms with van der Waals surface area (Å²) in [6.07, 6.45) is 0. The molecule has 1 fully saturated rings. The van der Waals surface area contributed by atoms with Crippen LogP contribution < -0.4 is 5.73 Å². The van der Waals surface area contributed by atoms with Gasteiger partial charge >= 0.3 is 0 Å². The van der Waals surface area contributed by atoms with Gasteiger partial charge in [0, 0.05) is 39.3 Å². The van der Waals surface area contributed by atoms with Crippen molar-refractivity contribution in [3.05, 3.63) is 0 Å². The van der Waals surface area contributed by atoms with E-state index in [1.165, 1.54) is 0 Å². The Balaban J connectivity index is 2.42. The Labute approximate surface area is 97.5 Å². The van der Waals surface area contributed by atoms with E-state index in [4.69, 9.17) is 10.5 Å².